The molecule has 3 nitrogen and oxygen atoms in total. The van der Waals surface area contributed by atoms with Crippen molar-refractivity contribution in [1.82, 2.24) is 5.32 Å². The number of Topliss-reactive ketones (excluding diaryl/α,β-unsaturated/α-hetero) is 1. The van der Waals surface area contributed by atoms with Gasteiger partial charge in [0.25, 0.3) is 0 Å². The van der Waals surface area contributed by atoms with Crippen molar-refractivity contribution in [1.29, 1.82) is 0 Å². The lowest BCUT2D eigenvalue weighted by Gasteiger charge is -2.29. The van der Waals surface area contributed by atoms with Crippen LogP contribution in [-0.4, -0.2) is 28.9 Å². The first kappa shape index (κ1) is 12.8. The van der Waals surface area contributed by atoms with E-state index in [9.17, 15) is 9.59 Å². The first-order valence-corrected chi connectivity index (χ1v) is 5.07. The van der Waals surface area contributed by atoms with Crippen molar-refractivity contribution in [2.45, 2.75) is 25.8 Å². The van der Waals surface area contributed by atoms with Gasteiger partial charge in [0.1, 0.15) is 5.78 Å². The van der Waals surface area contributed by atoms with Crippen LogP contribution in [-0.2, 0) is 9.59 Å². The van der Waals surface area contributed by atoms with E-state index in [1.54, 1.807) is 0 Å². The van der Waals surface area contributed by atoms with Gasteiger partial charge in [0.05, 0.1) is 5.54 Å². The highest BCUT2D eigenvalue weighted by atomic mass is 35.5. The van der Waals surface area contributed by atoms with E-state index < -0.39 is 5.54 Å². The number of halogens is 1. The summed E-state index contributed by atoms with van der Waals surface area (Å²) in [5.41, 5.74) is -0.692. The van der Waals surface area contributed by atoms with Crippen LogP contribution in [0.4, 0.5) is 0 Å². The number of thiol groups is 1. The van der Waals surface area contributed by atoms with Gasteiger partial charge >= 0.3 is 0 Å². The van der Waals surface area contributed by atoms with Crippen LogP contribution in [0.2, 0.25) is 0 Å². The van der Waals surface area contributed by atoms with E-state index >= 15 is 0 Å². The highest BCUT2D eigenvalue weighted by Gasteiger charge is 2.30. The maximum atomic E-state index is 10.9. The molecular formula is C8H14ClNO2S. The minimum absolute atomic E-state index is 0.0107. The van der Waals surface area contributed by atoms with Crippen molar-refractivity contribution in [2.24, 2.45) is 0 Å². The van der Waals surface area contributed by atoms with Crippen LogP contribution >= 0.6 is 24.2 Å². The smallest absolute Gasteiger partial charge is 0.217 e. The number of ketones is 1. The normalized spacial score (nSPS) is 14.8. The molecule has 0 aromatic rings. The monoisotopic (exact) mass is 223 g/mol. The van der Waals surface area contributed by atoms with Crippen LogP contribution in [0.25, 0.3) is 0 Å². The molecule has 0 spiro atoms. The lowest BCUT2D eigenvalue weighted by atomic mass is 9.97. The summed E-state index contributed by atoms with van der Waals surface area (Å²) in [7, 11) is 0. The molecule has 0 heterocycles. The molecule has 0 radical (unpaired) electrons. The Balaban J connectivity index is 4.48. The Labute approximate surface area is 88.6 Å². The summed E-state index contributed by atoms with van der Waals surface area (Å²) < 4.78 is 0. The zero-order valence-electron chi connectivity index (χ0n) is 7.76. The molecule has 0 aromatic heterocycles. The third kappa shape index (κ3) is 4.52. The van der Waals surface area contributed by atoms with Crippen LogP contribution in [0.5, 0.6) is 0 Å². The minimum Gasteiger partial charge on any atom is -0.348 e. The molecule has 0 saturated carbocycles. The second kappa shape index (κ2) is 5.50. The molecule has 1 N–H and O–H groups in total. The SMILES string of the molecule is CC(=O)CC(CS)(CCl)NC(C)=O. The molecule has 0 aliphatic rings. The topological polar surface area (TPSA) is 46.2 Å². The number of hydrogen-bond donors (Lipinski definition) is 2. The van der Waals surface area contributed by atoms with E-state index in [1.165, 1.54) is 13.8 Å². The number of hydrogen-bond acceptors (Lipinski definition) is 3. The molecule has 0 bridgehead atoms. The number of carbonyl (C=O) groups excluding carboxylic acids is 2. The van der Waals surface area contributed by atoms with Crippen molar-refractivity contribution in [3.05, 3.63) is 0 Å². The zero-order chi connectivity index (χ0) is 10.5. The van der Waals surface area contributed by atoms with E-state index in [4.69, 9.17) is 11.6 Å². The lowest BCUT2D eigenvalue weighted by molar-refractivity contribution is -0.121. The van der Waals surface area contributed by atoms with Gasteiger partial charge in [0, 0.05) is 25.0 Å². The summed E-state index contributed by atoms with van der Waals surface area (Å²) in [6.07, 6.45) is 0.222. The first-order valence-electron chi connectivity index (χ1n) is 3.91. The fourth-order valence-corrected chi connectivity index (χ4v) is 1.80. The average Bonchev–Trinajstić information content (AvgIpc) is 2.01. The first-order chi connectivity index (χ1) is 5.95. The van der Waals surface area contributed by atoms with Crippen LogP contribution in [0.3, 0.4) is 0 Å². The van der Waals surface area contributed by atoms with Crippen molar-refractivity contribution < 1.29 is 9.59 Å². The number of nitrogens with one attached hydrogen (secondary N) is 1. The van der Waals surface area contributed by atoms with E-state index in [2.05, 4.69) is 17.9 Å². The summed E-state index contributed by atoms with van der Waals surface area (Å²) in [6.45, 7) is 2.86. The van der Waals surface area contributed by atoms with Gasteiger partial charge < -0.3 is 5.32 Å². The standard InChI is InChI=1S/C8H14ClNO2S/c1-6(11)3-8(4-9,5-13)10-7(2)12/h13H,3-5H2,1-2H3,(H,10,12). The molecule has 0 fully saturated rings. The van der Waals surface area contributed by atoms with E-state index in [1.807, 2.05) is 0 Å². The lowest BCUT2D eigenvalue weighted by Crippen LogP contribution is -2.52. The predicted octanol–water partition coefficient (Wildman–Crippen LogP) is 1.01. The van der Waals surface area contributed by atoms with Crippen molar-refractivity contribution >= 4 is 35.9 Å². The summed E-state index contributed by atoms with van der Waals surface area (Å²) in [5.74, 6) is 0.338. The third-order valence-corrected chi connectivity index (χ3v) is 2.70. The molecule has 0 aliphatic heterocycles. The van der Waals surface area contributed by atoms with Gasteiger partial charge in [0.2, 0.25) is 5.91 Å². The largest absolute Gasteiger partial charge is 0.348 e. The van der Waals surface area contributed by atoms with Crippen molar-refractivity contribution in [3.8, 4) is 0 Å². The average molecular weight is 224 g/mol. The van der Waals surface area contributed by atoms with E-state index in [-0.39, 0.29) is 24.0 Å². The second-order valence-electron chi connectivity index (χ2n) is 3.13. The summed E-state index contributed by atoms with van der Waals surface area (Å²) in [5, 5.41) is 2.66. The van der Waals surface area contributed by atoms with Crippen LogP contribution in [0.15, 0.2) is 0 Å². The highest BCUT2D eigenvalue weighted by molar-refractivity contribution is 7.80. The van der Waals surface area contributed by atoms with Gasteiger partial charge in [-0.25, -0.2) is 0 Å². The van der Waals surface area contributed by atoms with Crippen molar-refractivity contribution in [3.63, 3.8) is 0 Å². The molecule has 0 saturated heterocycles. The quantitative estimate of drug-likeness (QED) is 0.540. The van der Waals surface area contributed by atoms with Gasteiger partial charge in [-0.15, -0.1) is 11.6 Å². The maximum Gasteiger partial charge on any atom is 0.217 e. The summed E-state index contributed by atoms with van der Waals surface area (Å²) in [6, 6.07) is 0. The third-order valence-electron chi connectivity index (χ3n) is 1.59. The fourth-order valence-electron chi connectivity index (χ4n) is 1.11. The summed E-state index contributed by atoms with van der Waals surface area (Å²) >= 11 is 9.78. The Morgan fingerprint density at radius 1 is 1.46 bits per heavy atom. The Kier molecular flexibility index (Phi) is 5.40. The fraction of sp³-hybridized carbons (Fsp3) is 0.750. The molecule has 13 heavy (non-hydrogen) atoms. The van der Waals surface area contributed by atoms with E-state index in [0.29, 0.717) is 5.75 Å². The summed E-state index contributed by atoms with van der Waals surface area (Å²) in [4.78, 5) is 21.8. The maximum absolute atomic E-state index is 10.9. The number of alkyl halides is 1. The molecular weight excluding hydrogens is 210 g/mol. The van der Waals surface area contributed by atoms with Gasteiger partial charge in [-0.05, 0) is 6.92 Å². The number of rotatable bonds is 5. The van der Waals surface area contributed by atoms with Gasteiger partial charge in [-0.3, -0.25) is 9.59 Å². The molecule has 76 valence electrons. The molecule has 0 aromatic carbocycles. The number of carbonyl (C=O) groups is 2. The van der Waals surface area contributed by atoms with Gasteiger partial charge in [-0.2, -0.15) is 12.6 Å². The molecule has 0 aliphatic carbocycles. The van der Waals surface area contributed by atoms with Crippen LogP contribution < -0.4 is 5.32 Å². The molecule has 1 unspecified atom stereocenters. The Morgan fingerprint density at radius 2 is 2.00 bits per heavy atom. The predicted molar refractivity (Wildman–Crippen MR) is 56.4 cm³/mol. The van der Waals surface area contributed by atoms with E-state index in [0.717, 1.165) is 0 Å². The van der Waals surface area contributed by atoms with Crippen LogP contribution in [0.1, 0.15) is 20.3 Å². The molecule has 0 rings (SSSR count). The molecule has 1 atom stereocenters. The Bertz CT molecular complexity index is 186. The van der Waals surface area contributed by atoms with Gasteiger partial charge in [-0.1, -0.05) is 0 Å². The second-order valence-corrected chi connectivity index (χ2v) is 3.72. The molecule has 1 amide bonds. The van der Waals surface area contributed by atoms with Gasteiger partial charge in [0.15, 0.2) is 0 Å². The minimum atomic E-state index is -0.692. The zero-order valence-corrected chi connectivity index (χ0v) is 9.41. The van der Waals surface area contributed by atoms with Crippen molar-refractivity contribution in [2.75, 3.05) is 11.6 Å². The Morgan fingerprint density at radius 3 is 2.23 bits per heavy atom. The Hall–Kier alpha value is -0.220. The highest BCUT2D eigenvalue weighted by Crippen LogP contribution is 2.15. The number of amides is 1. The molecule has 5 heteroatoms. The van der Waals surface area contributed by atoms with Crippen LogP contribution in [0, 0.1) is 0 Å².